The van der Waals surface area contributed by atoms with Gasteiger partial charge in [-0.2, -0.15) is 18.3 Å². The number of phenols is 1. The van der Waals surface area contributed by atoms with Gasteiger partial charge in [-0.15, -0.1) is 0 Å². The number of benzene rings is 3. The van der Waals surface area contributed by atoms with E-state index in [0.717, 1.165) is 10.8 Å². The van der Waals surface area contributed by atoms with E-state index in [-0.39, 0.29) is 22.7 Å². The summed E-state index contributed by atoms with van der Waals surface area (Å²) in [6, 6.07) is 15.8. The summed E-state index contributed by atoms with van der Waals surface area (Å²) < 4.78 is 37.2. The van der Waals surface area contributed by atoms with Crippen molar-refractivity contribution in [3.8, 4) is 5.75 Å². The zero-order valence-corrected chi connectivity index (χ0v) is 15.6. The molecule has 9 heteroatoms. The Labute approximate surface area is 169 Å². The normalized spacial score (nSPS) is 11.9. The van der Waals surface area contributed by atoms with Gasteiger partial charge in [0.25, 0.3) is 5.91 Å². The molecular formula is C21H16F3N3O3. The quantitative estimate of drug-likeness (QED) is 0.441. The van der Waals surface area contributed by atoms with Gasteiger partial charge in [-0.3, -0.25) is 9.59 Å². The highest BCUT2D eigenvalue weighted by molar-refractivity contribution is 6.04. The van der Waals surface area contributed by atoms with Gasteiger partial charge < -0.3 is 10.4 Å². The van der Waals surface area contributed by atoms with Crippen molar-refractivity contribution in [1.82, 2.24) is 5.43 Å². The first-order valence-corrected chi connectivity index (χ1v) is 8.70. The second kappa shape index (κ2) is 8.24. The molecule has 0 aromatic heterocycles. The number of rotatable bonds is 4. The monoisotopic (exact) mass is 415 g/mol. The molecule has 3 rings (SSSR count). The number of hydrogen-bond acceptors (Lipinski definition) is 4. The number of phenolic OH excluding ortho intramolecular Hbond substituents is 1. The molecule has 0 aliphatic rings. The van der Waals surface area contributed by atoms with Gasteiger partial charge >= 0.3 is 12.1 Å². The average Bonchev–Trinajstić information content (AvgIpc) is 2.70. The molecule has 3 aromatic rings. The standard InChI is InChI=1S/C21H16F3N3O3/c1-12(13-7-4-8-16(9-13)25-20(30)21(22,23)24)26-27-19(29)17-10-14-5-2-3-6-15(14)11-18(17)28/h2-11,28H,1H3,(H,25,30)(H,27,29)/b26-12+. The van der Waals surface area contributed by atoms with Crippen molar-refractivity contribution in [3.05, 3.63) is 71.8 Å². The van der Waals surface area contributed by atoms with Crippen LogP contribution in [-0.2, 0) is 4.79 Å². The number of hydrazone groups is 1. The van der Waals surface area contributed by atoms with Crippen LogP contribution in [0.4, 0.5) is 18.9 Å². The Morgan fingerprint density at radius 3 is 2.30 bits per heavy atom. The average molecular weight is 415 g/mol. The van der Waals surface area contributed by atoms with E-state index < -0.39 is 18.0 Å². The second-order valence-electron chi connectivity index (χ2n) is 6.39. The molecule has 0 aliphatic carbocycles. The van der Waals surface area contributed by atoms with E-state index in [9.17, 15) is 27.9 Å². The molecule has 3 aromatic carbocycles. The molecule has 154 valence electrons. The summed E-state index contributed by atoms with van der Waals surface area (Å²) in [5.74, 6) is -2.95. The van der Waals surface area contributed by atoms with E-state index in [0.29, 0.717) is 5.56 Å². The topological polar surface area (TPSA) is 90.8 Å². The number of halogens is 3. The highest BCUT2D eigenvalue weighted by Gasteiger charge is 2.38. The van der Waals surface area contributed by atoms with Gasteiger partial charge in [-0.05, 0) is 47.5 Å². The molecule has 0 radical (unpaired) electrons. The van der Waals surface area contributed by atoms with E-state index >= 15 is 0 Å². The summed E-state index contributed by atoms with van der Waals surface area (Å²) in [7, 11) is 0. The maximum absolute atomic E-state index is 12.4. The SMILES string of the molecule is C/C(=N\NC(=O)c1cc2ccccc2cc1O)c1cccc(NC(=O)C(F)(F)F)c1. The van der Waals surface area contributed by atoms with Crippen molar-refractivity contribution in [3.63, 3.8) is 0 Å². The number of nitrogens with one attached hydrogen (secondary N) is 2. The summed E-state index contributed by atoms with van der Waals surface area (Å²) >= 11 is 0. The molecule has 0 atom stereocenters. The van der Waals surface area contributed by atoms with Crippen LogP contribution in [-0.4, -0.2) is 28.8 Å². The molecule has 0 unspecified atom stereocenters. The van der Waals surface area contributed by atoms with Gasteiger partial charge in [0, 0.05) is 5.69 Å². The van der Waals surface area contributed by atoms with Crippen LogP contribution >= 0.6 is 0 Å². The van der Waals surface area contributed by atoms with Crippen molar-refractivity contribution < 1.29 is 27.9 Å². The summed E-state index contributed by atoms with van der Waals surface area (Å²) in [4.78, 5) is 23.5. The molecule has 3 N–H and O–H groups in total. The van der Waals surface area contributed by atoms with Gasteiger partial charge in [0.15, 0.2) is 0 Å². The Kier molecular flexibility index (Phi) is 5.72. The fraction of sp³-hybridized carbons (Fsp3) is 0.0952. The van der Waals surface area contributed by atoms with Crippen LogP contribution < -0.4 is 10.7 Å². The van der Waals surface area contributed by atoms with Crippen molar-refractivity contribution in [2.75, 3.05) is 5.32 Å². The number of hydrogen-bond donors (Lipinski definition) is 3. The number of anilines is 1. The third-order valence-corrected chi connectivity index (χ3v) is 4.23. The van der Waals surface area contributed by atoms with E-state index in [4.69, 9.17) is 0 Å². The Bertz CT molecular complexity index is 1160. The maximum atomic E-state index is 12.4. The molecule has 0 heterocycles. The lowest BCUT2D eigenvalue weighted by atomic mass is 10.1. The summed E-state index contributed by atoms with van der Waals surface area (Å²) in [5, 5.41) is 17.3. The van der Waals surface area contributed by atoms with Gasteiger partial charge in [0.2, 0.25) is 0 Å². The smallest absolute Gasteiger partial charge is 0.471 e. The van der Waals surface area contributed by atoms with E-state index in [1.807, 2.05) is 0 Å². The number of carbonyl (C=O) groups is 2. The summed E-state index contributed by atoms with van der Waals surface area (Å²) in [6.07, 6.45) is -5.00. The second-order valence-corrected chi connectivity index (χ2v) is 6.39. The Balaban J connectivity index is 1.76. The highest BCUT2D eigenvalue weighted by Crippen LogP contribution is 2.25. The Hall–Kier alpha value is -3.88. The Morgan fingerprint density at radius 1 is 0.967 bits per heavy atom. The van der Waals surface area contributed by atoms with Crippen LogP contribution in [0.15, 0.2) is 65.8 Å². The number of fused-ring (bicyclic) bond motifs is 1. The van der Waals surface area contributed by atoms with E-state index in [2.05, 4.69) is 10.5 Å². The van der Waals surface area contributed by atoms with Crippen LogP contribution in [0.2, 0.25) is 0 Å². The number of alkyl halides is 3. The highest BCUT2D eigenvalue weighted by atomic mass is 19.4. The Morgan fingerprint density at radius 2 is 1.63 bits per heavy atom. The van der Waals surface area contributed by atoms with Crippen molar-refractivity contribution in [2.45, 2.75) is 13.1 Å². The molecule has 2 amide bonds. The summed E-state index contributed by atoms with van der Waals surface area (Å²) in [6.45, 7) is 1.53. The lowest BCUT2D eigenvalue weighted by molar-refractivity contribution is -0.167. The minimum absolute atomic E-state index is 0.0245. The molecule has 0 fully saturated rings. The van der Waals surface area contributed by atoms with E-state index in [1.165, 1.54) is 37.3 Å². The number of nitrogens with zero attached hydrogens (tertiary/aromatic N) is 1. The molecule has 0 bridgehead atoms. The van der Waals surface area contributed by atoms with Crippen LogP contribution in [0.3, 0.4) is 0 Å². The minimum Gasteiger partial charge on any atom is -0.507 e. The summed E-state index contributed by atoms with van der Waals surface area (Å²) in [5.41, 5.74) is 2.94. The predicted octanol–water partition coefficient (Wildman–Crippen LogP) is 4.20. The minimum atomic E-state index is -5.00. The molecular weight excluding hydrogens is 399 g/mol. The van der Waals surface area contributed by atoms with Crippen LogP contribution in [0.25, 0.3) is 10.8 Å². The molecule has 0 saturated carbocycles. The van der Waals surface area contributed by atoms with E-state index in [1.54, 1.807) is 35.6 Å². The first-order valence-electron chi connectivity index (χ1n) is 8.70. The van der Waals surface area contributed by atoms with Crippen molar-refractivity contribution >= 4 is 34.0 Å². The third-order valence-electron chi connectivity index (χ3n) is 4.23. The molecule has 0 aliphatic heterocycles. The van der Waals surface area contributed by atoms with Crippen LogP contribution in [0.1, 0.15) is 22.8 Å². The van der Waals surface area contributed by atoms with Crippen molar-refractivity contribution in [1.29, 1.82) is 0 Å². The fourth-order valence-electron chi connectivity index (χ4n) is 2.69. The molecule has 0 spiro atoms. The maximum Gasteiger partial charge on any atom is 0.471 e. The van der Waals surface area contributed by atoms with Crippen LogP contribution in [0.5, 0.6) is 5.75 Å². The first kappa shape index (κ1) is 20.8. The first-order chi connectivity index (χ1) is 14.1. The third kappa shape index (κ3) is 4.75. The van der Waals surface area contributed by atoms with Gasteiger partial charge in [0.1, 0.15) is 5.75 Å². The molecule has 30 heavy (non-hydrogen) atoms. The number of aromatic hydroxyl groups is 1. The number of carbonyl (C=O) groups excluding carboxylic acids is 2. The fourth-order valence-corrected chi connectivity index (χ4v) is 2.69. The molecule has 6 nitrogen and oxygen atoms in total. The zero-order chi connectivity index (χ0) is 21.9. The van der Waals surface area contributed by atoms with Crippen molar-refractivity contribution in [2.24, 2.45) is 5.10 Å². The lowest BCUT2D eigenvalue weighted by Gasteiger charge is -2.10. The predicted molar refractivity (Wildman–Crippen MR) is 106 cm³/mol. The molecule has 0 saturated heterocycles. The largest absolute Gasteiger partial charge is 0.507 e. The lowest BCUT2D eigenvalue weighted by Crippen LogP contribution is -2.29. The number of amides is 2. The van der Waals surface area contributed by atoms with Gasteiger partial charge in [0.05, 0.1) is 11.3 Å². The van der Waals surface area contributed by atoms with Gasteiger partial charge in [-0.25, -0.2) is 5.43 Å². The zero-order valence-electron chi connectivity index (χ0n) is 15.6. The van der Waals surface area contributed by atoms with Crippen LogP contribution in [0, 0.1) is 0 Å². The van der Waals surface area contributed by atoms with Gasteiger partial charge in [-0.1, -0.05) is 36.4 Å².